The first-order valence-corrected chi connectivity index (χ1v) is 12.3. The number of allylic oxidation sites excluding steroid dienone is 1. The van der Waals surface area contributed by atoms with Gasteiger partial charge >= 0.3 is 0 Å². The summed E-state index contributed by atoms with van der Waals surface area (Å²) in [4.78, 5) is 4.81. The largest absolute Gasteiger partial charge is 0.486 e. The van der Waals surface area contributed by atoms with Gasteiger partial charge in [-0.15, -0.1) is 28.1 Å². The first-order valence-electron chi connectivity index (χ1n) is 10.1. The number of benzene rings is 2. The van der Waals surface area contributed by atoms with Crippen molar-refractivity contribution in [1.29, 1.82) is 0 Å². The molecule has 4 aromatic rings. The van der Waals surface area contributed by atoms with Gasteiger partial charge in [-0.3, -0.25) is 4.57 Å². The van der Waals surface area contributed by atoms with E-state index in [1.807, 2.05) is 47.9 Å². The zero-order valence-corrected chi connectivity index (χ0v) is 20.3. The Kier molecular flexibility index (Phi) is 7.29. The Morgan fingerprint density at radius 1 is 1.16 bits per heavy atom. The van der Waals surface area contributed by atoms with E-state index >= 15 is 0 Å². The van der Waals surface area contributed by atoms with Gasteiger partial charge in [0.25, 0.3) is 0 Å². The maximum Gasteiger partial charge on any atom is 0.191 e. The van der Waals surface area contributed by atoms with Gasteiger partial charge in [0.1, 0.15) is 17.4 Å². The quantitative estimate of drug-likeness (QED) is 0.195. The van der Waals surface area contributed by atoms with Gasteiger partial charge in [0.15, 0.2) is 11.0 Å². The molecule has 0 saturated heterocycles. The molecule has 0 N–H and O–H groups in total. The van der Waals surface area contributed by atoms with E-state index in [0.717, 1.165) is 43.8 Å². The first kappa shape index (κ1) is 22.6. The number of thioether (sulfide) groups is 1. The van der Waals surface area contributed by atoms with E-state index in [4.69, 9.17) is 21.3 Å². The molecule has 5 nitrogen and oxygen atoms in total. The molecule has 0 fully saturated rings. The standard InChI is InChI=1S/C24H23ClN4OS2/c1-4-11-29-22(13-30-19-9-10-21(25)17(3)12-19)27-28-24(29)32-15-18-14-31-23(26-18)20-8-6-5-7-16(20)2/h4-10,12,14H,1,11,13,15H2,2-3H3. The summed E-state index contributed by atoms with van der Waals surface area (Å²) >= 11 is 9.38. The number of aryl methyl sites for hydroxylation is 2. The molecule has 32 heavy (non-hydrogen) atoms. The van der Waals surface area contributed by atoms with Crippen LogP contribution in [-0.2, 0) is 18.9 Å². The van der Waals surface area contributed by atoms with Crippen LogP contribution in [0.3, 0.4) is 0 Å². The van der Waals surface area contributed by atoms with Crippen LogP contribution >= 0.6 is 34.7 Å². The molecule has 0 atom stereocenters. The molecule has 0 saturated carbocycles. The number of hydrogen-bond donors (Lipinski definition) is 0. The van der Waals surface area contributed by atoms with Gasteiger partial charge in [0, 0.05) is 28.3 Å². The highest BCUT2D eigenvalue weighted by Crippen LogP contribution is 2.29. The highest BCUT2D eigenvalue weighted by molar-refractivity contribution is 7.98. The summed E-state index contributed by atoms with van der Waals surface area (Å²) in [7, 11) is 0. The molecule has 4 rings (SSSR count). The minimum Gasteiger partial charge on any atom is -0.486 e. The summed E-state index contributed by atoms with van der Waals surface area (Å²) in [6.07, 6.45) is 1.84. The van der Waals surface area contributed by atoms with E-state index in [1.165, 1.54) is 11.1 Å². The second kappa shape index (κ2) is 10.3. The van der Waals surface area contributed by atoms with Gasteiger partial charge in [-0.1, -0.05) is 53.7 Å². The number of halogens is 1. The first-order chi connectivity index (χ1) is 15.5. The SMILES string of the molecule is C=CCn1c(COc2ccc(Cl)c(C)c2)nnc1SCc1csc(-c2ccccc2C)n1. The summed E-state index contributed by atoms with van der Waals surface area (Å²) in [6.45, 7) is 8.86. The summed E-state index contributed by atoms with van der Waals surface area (Å²) in [6, 6.07) is 13.9. The summed E-state index contributed by atoms with van der Waals surface area (Å²) in [5, 5.41) is 13.4. The minimum absolute atomic E-state index is 0.316. The topological polar surface area (TPSA) is 52.8 Å². The lowest BCUT2D eigenvalue weighted by Crippen LogP contribution is -2.07. The summed E-state index contributed by atoms with van der Waals surface area (Å²) in [5.74, 6) is 2.22. The lowest BCUT2D eigenvalue weighted by molar-refractivity contribution is 0.289. The van der Waals surface area contributed by atoms with Crippen molar-refractivity contribution in [2.45, 2.75) is 37.9 Å². The van der Waals surface area contributed by atoms with Gasteiger partial charge in [0.2, 0.25) is 0 Å². The highest BCUT2D eigenvalue weighted by Gasteiger charge is 2.14. The number of thiazole rings is 1. The van der Waals surface area contributed by atoms with Crippen molar-refractivity contribution < 1.29 is 4.74 Å². The van der Waals surface area contributed by atoms with Crippen LogP contribution in [0.1, 0.15) is 22.6 Å². The number of hydrogen-bond acceptors (Lipinski definition) is 6. The molecule has 0 bridgehead atoms. The molecule has 0 spiro atoms. The smallest absolute Gasteiger partial charge is 0.191 e. The Bertz CT molecular complexity index is 1230. The van der Waals surface area contributed by atoms with Crippen molar-refractivity contribution in [3.05, 3.63) is 88.2 Å². The van der Waals surface area contributed by atoms with E-state index < -0.39 is 0 Å². The lowest BCUT2D eigenvalue weighted by Gasteiger charge is -2.10. The predicted molar refractivity (Wildman–Crippen MR) is 133 cm³/mol. The molecular formula is C24H23ClN4OS2. The second-order valence-corrected chi connectivity index (χ2v) is 9.45. The second-order valence-electron chi connectivity index (χ2n) is 7.25. The number of aromatic nitrogens is 4. The summed E-state index contributed by atoms with van der Waals surface area (Å²) in [5.41, 5.74) is 4.41. The van der Waals surface area contributed by atoms with E-state index in [0.29, 0.717) is 13.2 Å². The van der Waals surface area contributed by atoms with E-state index in [2.05, 4.69) is 41.2 Å². The predicted octanol–water partition coefficient (Wildman–Crippen LogP) is 6.73. The Labute approximate surface area is 201 Å². The molecule has 0 unspecified atom stereocenters. The van der Waals surface area contributed by atoms with E-state index in [9.17, 15) is 0 Å². The van der Waals surface area contributed by atoms with Crippen LogP contribution in [0.4, 0.5) is 0 Å². The minimum atomic E-state index is 0.316. The number of nitrogens with zero attached hydrogens (tertiary/aromatic N) is 4. The molecule has 8 heteroatoms. The van der Waals surface area contributed by atoms with Crippen LogP contribution in [-0.4, -0.2) is 19.7 Å². The normalized spacial score (nSPS) is 11.0. The van der Waals surface area contributed by atoms with Crippen molar-refractivity contribution in [2.75, 3.05) is 0 Å². The van der Waals surface area contributed by atoms with Crippen LogP contribution in [0.2, 0.25) is 5.02 Å². The van der Waals surface area contributed by atoms with Crippen molar-refractivity contribution in [1.82, 2.24) is 19.7 Å². The molecule has 0 amide bonds. The molecule has 2 aromatic carbocycles. The van der Waals surface area contributed by atoms with Gasteiger partial charge in [-0.25, -0.2) is 4.98 Å². The van der Waals surface area contributed by atoms with Crippen molar-refractivity contribution in [2.24, 2.45) is 0 Å². The third-order valence-corrected chi connectivity index (χ3v) is 7.23. The summed E-state index contributed by atoms with van der Waals surface area (Å²) < 4.78 is 7.94. The van der Waals surface area contributed by atoms with E-state index in [-0.39, 0.29) is 0 Å². The molecule has 2 aromatic heterocycles. The molecule has 0 aliphatic carbocycles. The van der Waals surface area contributed by atoms with Crippen LogP contribution in [0.15, 0.2) is 65.7 Å². The zero-order chi connectivity index (χ0) is 22.5. The lowest BCUT2D eigenvalue weighted by atomic mass is 10.1. The average molecular weight is 483 g/mol. The Morgan fingerprint density at radius 2 is 2.00 bits per heavy atom. The fourth-order valence-electron chi connectivity index (χ4n) is 3.15. The van der Waals surface area contributed by atoms with Crippen LogP contribution in [0.25, 0.3) is 10.6 Å². The van der Waals surface area contributed by atoms with Crippen LogP contribution in [0, 0.1) is 13.8 Å². The monoisotopic (exact) mass is 482 g/mol. The molecule has 164 valence electrons. The highest BCUT2D eigenvalue weighted by atomic mass is 35.5. The fraction of sp³-hybridized carbons (Fsp3) is 0.208. The maximum atomic E-state index is 6.10. The van der Waals surface area contributed by atoms with E-state index in [1.54, 1.807) is 23.1 Å². The third kappa shape index (κ3) is 5.23. The number of ether oxygens (including phenoxy) is 1. The van der Waals surface area contributed by atoms with Gasteiger partial charge < -0.3 is 4.74 Å². The Morgan fingerprint density at radius 3 is 2.78 bits per heavy atom. The number of rotatable bonds is 9. The van der Waals surface area contributed by atoms with Crippen molar-refractivity contribution >= 4 is 34.7 Å². The molecule has 0 aliphatic heterocycles. The Hall–Kier alpha value is -2.61. The fourth-order valence-corrected chi connectivity index (χ4v) is 5.14. The molecule has 0 radical (unpaired) electrons. The van der Waals surface area contributed by atoms with Gasteiger partial charge in [-0.2, -0.15) is 0 Å². The molecule has 2 heterocycles. The zero-order valence-electron chi connectivity index (χ0n) is 17.9. The van der Waals surface area contributed by atoms with Gasteiger partial charge in [0.05, 0.1) is 5.69 Å². The van der Waals surface area contributed by atoms with Crippen LogP contribution < -0.4 is 4.74 Å². The molecule has 0 aliphatic rings. The van der Waals surface area contributed by atoms with Crippen molar-refractivity contribution in [3.8, 4) is 16.3 Å². The average Bonchev–Trinajstić information content (AvgIpc) is 3.41. The van der Waals surface area contributed by atoms with Gasteiger partial charge in [-0.05, 0) is 43.2 Å². The third-order valence-electron chi connectivity index (χ3n) is 4.88. The molecular weight excluding hydrogens is 460 g/mol. The van der Waals surface area contributed by atoms with Crippen molar-refractivity contribution in [3.63, 3.8) is 0 Å². The Balaban J connectivity index is 1.44. The maximum absolute atomic E-state index is 6.10. The van der Waals surface area contributed by atoms with Crippen LogP contribution in [0.5, 0.6) is 5.75 Å².